The summed E-state index contributed by atoms with van der Waals surface area (Å²) in [6, 6.07) is 8.04. The molecule has 2 aromatic rings. The van der Waals surface area contributed by atoms with E-state index in [-0.39, 0.29) is 6.04 Å². The number of hydrogen-bond acceptors (Lipinski definition) is 3. The van der Waals surface area contributed by atoms with Gasteiger partial charge in [-0.1, -0.05) is 28.1 Å². The van der Waals surface area contributed by atoms with Gasteiger partial charge in [-0.25, -0.2) is 5.43 Å². The normalized spacial score (nSPS) is 12.7. The van der Waals surface area contributed by atoms with E-state index >= 15 is 0 Å². The number of aryl methyl sites for hydroxylation is 2. The van der Waals surface area contributed by atoms with Crippen molar-refractivity contribution in [2.45, 2.75) is 13.0 Å². The maximum absolute atomic E-state index is 5.62. The van der Waals surface area contributed by atoms with Crippen molar-refractivity contribution < 1.29 is 0 Å². The van der Waals surface area contributed by atoms with Crippen molar-refractivity contribution in [1.82, 2.24) is 15.2 Å². The van der Waals surface area contributed by atoms with Crippen LogP contribution in [-0.2, 0) is 7.05 Å². The van der Waals surface area contributed by atoms with Gasteiger partial charge in [-0.15, -0.1) is 0 Å². The van der Waals surface area contributed by atoms with E-state index in [0.29, 0.717) is 0 Å². The van der Waals surface area contributed by atoms with Crippen LogP contribution >= 0.6 is 15.9 Å². The molecule has 0 amide bonds. The second-order valence-corrected chi connectivity index (χ2v) is 4.88. The van der Waals surface area contributed by atoms with Gasteiger partial charge >= 0.3 is 0 Å². The van der Waals surface area contributed by atoms with E-state index in [9.17, 15) is 0 Å². The Bertz CT molecular complexity index is 521. The number of hydrogen-bond donors (Lipinski definition) is 2. The summed E-state index contributed by atoms with van der Waals surface area (Å²) < 4.78 is 2.86. The highest BCUT2D eigenvalue weighted by Crippen LogP contribution is 2.24. The Kier molecular flexibility index (Phi) is 3.61. The number of aromatic nitrogens is 2. The summed E-state index contributed by atoms with van der Waals surface area (Å²) in [7, 11) is 1.89. The third-order valence-electron chi connectivity index (χ3n) is 2.71. The molecule has 2 rings (SSSR count). The first-order valence-electron chi connectivity index (χ1n) is 5.33. The van der Waals surface area contributed by atoms with Crippen LogP contribution in [0.25, 0.3) is 0 Å². The first-order valence-corrected chi connectivity index (χ1v) is 6.13. The molecule has 1 aromatic heterocycles. The molecule has 1 aromatic carbocycles. The SMILES string of the molecule is Cc1cc(C(NN)c2ccn(C)n2)ccc1Br. The summed E-state index contributed by atoms with van der Waals surface area (Å²) in [4.78, 5) is 0. The van der Waals surface area contributed by atoms with Crippen molar-refractivity contribution in [3.8, 4) is 0 Å². The van der Waals surface area contributed by atoms with Crippen LogP contribution in [0.2, 0.25) is 0 Å². The monoisotopic (exact) mass is 294 g/mol. The van der Waals surface area contributed by atoms with Gasteiger partial charge in [-0.2, -0.15) is 5.10 Å². The van der Waals surface area contributed by atoms with E-state index in [1.165, 1.54) is 5.56 Å². The van der Waals surface area contributed by atoms with Crippen LogP contribution in [0.5, 0.6) is 0 Å². The maximum atomic E-state index is 5.62. The fourth-order valence-corrected chi connectivity index (χ4v) is 2.03. The van der Waals surface area contributed by atoms with E-state index in [1.807, 2.05) is 31.4 Å². The van der Waals surface area contributed by atoms with E-state index in [4.69, 9.17) is 5.84 Å². The summed E-state index contributed by atoms with van der Waals surface area (Å²) in [5.41, 5.74) is 6.00. The molecule has 0 aliphatic carbocycles. The lowest BCUT2D eigenvalue weighted by Crippen LogP contribution is -2.29. The second-order valence-electron chi connectivity index (χ2n) is 4.02. The summed E-state index contributed by atoms with van der Waals surface area (Å²) in [5, 5.41) is 4.37. The number of hydrazine groups is 1. The highest BCUT2D eigenvalue weighted by atomic mass is 79.9. The van der Waals surface area contributed by atoms with Crippen LogP contribution in [0.15, 0.2) is 34.9 Å². The molecule has 1 atom stereocenters. The molecule has 0 saturated heterocycles. The zero-order valence-electron chi connectivity index (χ0n) is 9.81. The van der Waals surface area contributed by atoms with Crippen molar-refractivity contribution in [3.63, 3.8) is 0 Å². The summed E-state index contributed by atoms with van der Waals surface area (Å²) in [6.07, 6.45) is 1.91. The molecule has 0 bridgehead atoms. The van der Waals surface area contributed by atoms with E-state index in [2.05, 4.69) is 39.4 Å². The molecular weight excluding hydrogens is 280 g/mol. The van der Waals surface area contributed by atoms with Crippen LogP contribution in [0, 0.1) is 6.92 Å². The molecule has 4 nitrogen and oxygen atoms in total. The molecule has 3 N–H and O–H groups in total. The molecule has 0 radical (unpaired) electrons. The molecule has 0 aliphatic heterocycles. The largest absolute Gasteiger partial charge is 0.275 e. The summed E-state index contributed by atoms with van der Waals surface area (Å²) in [6.45, 7) is 2.06. The van der Waals surface area contributed by atoms with Gasteiger partial charge in [0.1, 0.15) is 0 Å². The minimum absolute atomic E-state index is 0.0806. The zero-order valence-corrected chi connectivity index (χ0v) is 11.4. The molecule has 0 aliphatic rings. The lowest BCUT2D eigenvalue weighted by atomic mass is 10.0. The van der Waals surface area contributed by atoms with Gasteiger partial charge in [0.15, 0.2) is 0 Å². The van der Waals surface area contributed by atoms with Crippen molar-refractivity contribution in [2.75, 3.05) is 0 Å². The Morgan fingerprint density at radius 3 is 2.71 bits per heavy atom. The average Bonchev–Trinajstić information content (AvgIpc) is 2.71. The quantitative estimate of drug-likeness (QED) is 0.673. The first kappa shape index (κ1) is 12.3. The molecule has 5 heteroatoms. The van der Waals surface area contributed by atoms with E-state index < -0.39 is 0 Å². The Labute approximate surface area is 109 Å². The fourth-order valence-electron chi connectivity index (χ4n) is 1.79. The third kappa shape index (κ3) is 2.57. The molecule has 17 heavy (non-hydrogen) atoms. The number of rotatable bonds is 3. The minimum Gasteiger partial charge on any atom is -0.275 e. The van der Waals surface area contributed by atoms with E-state index in [0.717, 1.165) is 15.7 Å². The fraction of sp³-hybridized carbons (Fsp3) is 0.250. The summed E-state index contributed by atoms with van der Waals surface area (Å²) in [5.74, 6) is 5.62. The summed E-state index contributed by atoms with van der Waals surface area (Å²) >= 11 is 3.49. The Morgan fingerprint density at radius 2 is 2.18 bits per heavy atom. The van der Waals surface area contributed by atoms with Crippen molar-refractivity contribution in [2.24, 2.45) is 12.9 Å². The average molecular weight is 295 g/mol. The number of halogens is 1. The molecule has 0 fully saturated rings. The van der Waals surface area contributed by atoms with E-state index in [1.54, 1.807) is 4.68 Å². The number of nitrogens with one attached hydrogen (secondary N) is 1. The second kappa shape index (κ2) is 5.00. The lowest BCUT2D eigenvalue weighted by molar-refractivity contribution is 0.603. The van der Waals surface area contributed by atoms with Crippen molar-refractivity contribution in [3.05, 3.63) is 51.8 Å². The van der Waals surface area contributed by atoms with Crippen LogP contribution < -0.4 is 11.3 Å². The van der Waals surface area contributed by atoms with Gasteiger partial charge in [0.2, 0.25) is 0 Å². The maximum Gasteiger partial charge on any atom is 0.0900 e. The van der Waals surface area contributed by atoms with Gasteiger partial charge in [-0.05, 0) is 30.2 Å². The van der Waals surface area contributed by atoms with Gasteiger partial charge in [0.25, 0.3) is 0 Å². The predicted molar refractivity (Wildman–Crippen MR) is 71.3 cm³/mol. The first-order chi connectivity index (χ1) is 8.11. The lowest BCUT2D eigenvalue weighted by Gasteiger charge is -2.15. The van der Waals surface area contributed by atoms with Crippen LogP contribution in [0.3, 0.4) is 0 Å². The van der Waals surface area contributed by atoms with Gasteiger partial charge in [0.05, 0.1) is 11.7 Å². The predicted octanol–water partition coefficient (Wildman–Crippen LogP) is 2.04. The highest BCUT2D eigenvalue weighted by molar-refractivity contribution is 9.10. The Balaban J connectivity index is 2.38. The Morgan fingerprint density at radius 1 is 1.41 bits per heavy atom. The van der Waals surface area contributed by atoms with Crippen molar-refractivity contribution in [1.29, 1.82) is 0 Å². The van der Waals surface area contributed by atoms with Crippen LogP contribution in [0.1, 0.15) is 22.9 Å². The van der Waals surface area contributed by atoms with Gasteiger partial charge < -0.3 is 0 Å². The van der Waals surface area contributed by atoms with Crippen LogP contribution in [-0.4, -0.2) is 9.78 Å². The molecule has 0 spiro atoms. The van der Waals surface area contributed by atoms with Crippen LogP contribution in [0.4, 0.5) is 0 Å². The molecular formula is C12H15BrN4. The Hall–Kier alpha value is -1.17. The van der Waals surface area contributed by atoms with Gasteiger partial charge in [-0.3, -0.25) is 10.5 Å². The molecule has 0 saturated carbocycles. The van der Waals surface area contributed by atoms with Gasteiger partial charge in [0, 0.05) is 17.7 Å². The standard InChI is InChI=1S/C12H15BrN4/c1-8-7-9(3-4-10(8)13)12(15-14)11-5-6-17(2)16-11/h3-7,12,15H,14H2,1-2H3. The number of nitrogens with zero attached hydrogens (tertiary/aromatic N) is 2. The molecule has 1 heterocycles. The molecule has 90 valence electrons. The number of nitrogens with two attached hydrogens (primary N) is 1. The number of benzene rings is 1. The smallest absolute Gasteiger partial charge is 0.0900 e. The van der Waals surface area contributed by atoms with Crippen molar-refractivity contribution >= 4 is 15.9 Å². The zero-order chi connectivity index (χ0) is 12.4. The minimum atomic E-state index is -0.0806. The topological polar surface area (TPSA) is 55.9 Å². The molecule has 1 unspecified atom stereocenters. The highest BCUT2D eigenvalue weighted by Gasteiger charge is 2.15. The third-order valence-corrected chi connectivity index (χ3v) is 3.60.